The predicted octanol–water partition coefficient (Wildman–Crippen LogP) is 0.00470. The zero-order valence-electron chi connectivity index (χ0n) is 29.2. The second kappa shape index (κ2) is 15.4. The minimum atomic E-state index is -5.13. The molecule has 23 nitrogen and oxygen atoms in total. The lowest BCUT2D eigenvalue weighted by molar-refractivity contribution is -0.161. The van der Waals surface area contributed by atoms with Crippen molar-refractivity contribution in [3.63, 3.8) is 0 Å². The molecule has 0 radical (unpaired) electrons. The number of nitrogens with one attached hydrogen (secondary N) is 3. The van der Waals surface area contributed by atoms with E-state index in [1.165, 1.54) is 11.6 Å². The number of anilines is 1. The van der Waals surface area contributed by atoms with Crippen LogP contribution in [0.3, 0.4) is 0 Å². The number of carbonyl (C=O) groups excluding carboxylic acids is 4. The highest BCUT2D eigenvalue weighted by Crippen LogP contribution is 2.26. The number of amides is 4. The lowest BCUT2D eigenvalue weighted by Crippen LogP contribution is -2.73. The molecule has 2 atom stereocenters. The summed E-state index contributed by atoms with van der Waals surface area (Å²) in [6.45, 7) is 11.3. The van der Waals surface area contributed by atoms with Crippen LogP contribution >= 0.6 is 11.3 Å². The molecule has 1 saturated heterocycles. The molecule has 25 heteroatoms. The van der Waals surface area contributed by atoms with Crippen molar-refractivity contribution in [1.29, 1.82) is 0 Å². The van der Waals surface area contributed by atoms with Crippen LogP contribution in [-0.4, -0.2) is 113 Å². The quantitative estimate of drug-likeness (QED) is 0.0576. The van der Waals surface area contributed by atoms with E-state index in [0.29, 0.717) is 0 Å². The van der Waals surface area contributed by atoms with Gasteiger partial charge in [-0.2, -0.15) is 8.42 Å². The first kappa shape index (κ1) is 41.0. The average molecular weight is 774 g/mol. The molecule has 0 bridgehead atoms. The number of carboxylic acid groups (broad SMARTS) is 1. The van der Waals surface area contributed by atoms with Crippen LogP contribution in [0.2, 0.25) is 0 Å². The monoisotopic (exact) mass is 773 g/mol. The van der Waals surface area contributed by atoms with Crippen LogP contribution in [0.1, 0.15) is 66.8 Å². The normalized spacial score (nSPS) is 16.7. The van der Waals surface area contributed by atoms with Gasteiger partial charge < -0.3 is 30.5 Å². The van der Waals surface area contributed by atoms with Crippen LogP contribution in [0.15, 0.2) is 21.7 Å². The predicted molar refractivity (Wildman–Crippen MR) is 180 cm³/mol. The van der Waals surface area contributed by atoms with Crippen LogP contribution < -0.4 is 21.7 Å². The number of carbonyl (C=O) groups is 5. The summed E-state index contributed by atoms with van der Waals surface area (Å²) in [6, 6.07) is -3.04. The minimum Gasteiger partial charge on any atom is -0.478 e. The van der Waals surface area contributed by atoms with Gasteiger partial charge in [-0.1, -0.05) is 10.4 Å². The number of nitrogens with two attached hydrogens (primary N) is 1. The number of nitrogen functional groups attached to an aromatic ring is 1. The summed E-state index contributed by atoms with van der Waals surface area (Å²) in [5, 5.41) is 29.0. The molecule has 1 fully saturated rings. The third-order valence-corrected chi connectivity index (χ3v) is 7.78. The Morgan fingerprint density at radius 2 is 1.62 bits per heavy atom. The molecular weight excluding hydrogens is 734 g/mol. The van der Waals surface area contributed by atoms with Crippen molar-refractivity contribution < 1.29 is 56.4 Å². The van der Waals surface area contributed by atoms with Gasteiger partial charge in [0, 0.05) is 5.38 Å². The number of aromatic nitrogens is 4. The molecule has 0 saturated carbocycles. The molecule has 1 aliphatic rings. The fourth-order valence-electron chi connectivity index (χ4n) is 3.91. The van der Waals surface area contributed by atoms with Crippen LogP contribution in [0.4, 0.5) is 14.7 Å². The summed E-state index contributed by atoms with van der Waals surface area (Å²) in [5.41, 5.74) is 1.40. The van der Waals surface area contributed by atoms with Crippen LogP contribution in [-0.2, 0) is 52.1 Å². The summed E-state index contributed by atoms with van der Waals surface area (Å²) in [6.07, 6.45) is -0.608. The Morgan fingerprint density at radius 1 is 1.04 bits per heavy atom. The standard InChI is InChI=1S/C27H39N11O12S2/c1-25(2,3)48-23(43)32-22(33-24(44)49-26(4,5)6)29-9-13-10-37(36-34-13)11-15-17(19(40)38(15)52(45,46)47)31-18(39)16(14-12-51-21(28)30-14)35-50-27(7,8)20(41)42/h10,12,15,17H,9,11H2,1-8H3,(H2,28,30)(H,31,39)(H,41,42)(H,45,46,47)(H2,29,32,33,43,44)/b35-16+/t15-,17+/m1/s1. The Morgan fingerprint density at radius 3 is 2.10 bits per heavy atom. The number of hydrogen-bond donors (Lipinski definition) is 6. The summed E-state index contributed by atoms with van der Waals surface area (Å²) >= 11 is 0.917. The van der Waals surface area contributed by atoms with E-state index in [0.717, 1.165) is 29.9 Å². The van der Waals surface area contributed by atoms with Crippen molar-refractivity contribution in [3.05, 3.63) is 23.0 Å². The first-order chi connectivity index (χ1) is 23.8. The fraction of sp³-hybridized carbons (Fsp3) is 0.556. The lowest BCUT2D eigenvalue weighted by Gasteiger charge is -2.43. The van der Waals surface area contributed by atoms with Crippen molar-refractivity contribution in [1.82, 2.24) is 40.2 Å². The summed E-state index contributed by atoms with van der Waals surface area (Å²) in [4.78, 5) is 75.6. The van der Waals surface area contributed by atoms with Gasteiger partial charge in [0.25, 0.3) is 11.8 Å². The molecule has 286 valence electrons. The smallest absolute Gasteiger partial charge is 0.414 e. The molecule has 2 aromatic rings. The van der Waals surface area contributed by atoms with E-state index in [1.54, 1.807) is 41.5 Å². The largest absolute Gasteiger partial charge is 0.478 e. The first-order valence-corrected chi connectivity index (χ1v) is 17.3. The van der Waals surface area contributed by atoms with Gasteiger partial charge in [-0.25, -0.2) is 33.3 Å². The molecule has 7 N–H and O–H groups in total. The molecule has 0 spiro atoms. The van der Waals surface area contributed by atoms with Gasteiger partial charge in [0.2, 0.25) is 11.6 Å². The number of rotatable bonds is 11. The van der Waals surface area contributed by atoms with E-state index >= 15 is 0 Å². The van der Waals surface area contributed by atoms with Gasteiger partial charge in [-0.3, -0.25) is 24.8 Å². The van der Waals surface area contributed by atoms with Gasteiger partial charge in [-0.05, 0) is 55.4 Å². The molecule has 0 aliphatic carbocycles. The van der Waals surface area contributed by atoms with E-state index in [2.05, 4.69) is 41.4 Å². The van der Waals surface area contributed by atoms with Gasteiger partial charge in [0.1, 0.15) is 28.6 Å². The number of aliphatic imine (C=N–C) groups is 1. The highest BCUT2D eigenvalue weighted by atomic mass is 32.2. The maximum Gasteiger partial charge on any atom is 0.414 e. The van der Waals surface area contributed by atoms with Gasteiger partial charge in [0.05, 0.1) is 25.3 Å². The van der Waals surface area contributed by atoms with Crippen LogP contribution in [0, 0.1) is 0 Å². The molecule has 2 aromatic heterocycles. The Bertz CT molecular complexity index is 1840. The van der Waals surface area contributed by atoms with Crippen LogP contribution in [0.5, 0.6) is 0 Å². The van der Waals surface area contributed by atoms with E-state index in [9.17, 15) is 42.0 Å². The number of β-lactam (4-membered cyclic amide) rings is 1. The Hall–Kier alpha value is -5.43. The molecule has 0 aromatic carbocycles. The second-order valence-electron chi connectivity index (χ2n) is 13.4. The number of carboxylic acids is 1. The van der Waals surface area contributed by atoms with E-state index in [4.69, 9.17) is 20.0 Å². The topological polar surface area (TPSA) is 321 Å². The summed E-state index contributed by atoms with van der Waals surface area (Å²) < 4.78 is 45.5. The number of ether oxygens (including phenoxy) is 2. The number of thiazole rings is 1. The molecule has 4 amide bonds. The molecule has 52 heavy (non-hydrogen) atoms. The highest BCUT2D eigenvalue weighted by Gasteiger charge is 2.54. The van der Waals surface area contributed by atoms with Crippen molar-refractivity contribution >= 4 is 68.4 Å². The lowest BCUT2D eigenvalue weighted by atomic mass is 9.98. The first-order valence-electron chi connectivity index (χ1n) is 15.0. The number of nitrogens with zero attached hydrogens (tertiary/aromatic N) is 7. The minimum absolute atomic E-state index is 0.0165. The van der Waals surface area contributed by atoms with Gasteiger partial charge in [0.15, 0.2) is 10.8 Å². The fourth-order valence-corrected chi connectivity index (χ4v) is 5.33. The Labute approximate surface area is 300 Å². The average Bonchev–Trinajstić information content (AvgIpc) is 3.60. The van der Waals surface area contributed by atoms with Crippen molar-refractivity contribution in [2.45, 2.75) is 97.4 Å². The van der Waals surface area contributed by atoms with E-state index in [-0.39, 0.29) is 33.3 Å². The molecular formula is C27H39N11O12S2. The zero-order chi connectivity index (χ0) is 39.4. The van der Waals surface area contributed by atoms with Crippen molar-refractivity contribution in [2.24, 2.45) is 10.1 Å². The Kier molecular flexibility index (Phi) is 12.2. The van der Waals surface area contributed by atoms with E-state index in [1.807, 2.05) is 0 Å². The number of guanidine groups is 1. The number of hydrogen-bond acceptors (Lipinski definition) is 17. The maximum absolute atomic E-state index is 13.3. The van der Waals surface area contributed by atoms with Crippen molar-refractivity contribution in [2.75, 3.05) is 5.73 Å². The SMILES string of the molecule is CC(C)(C)OC(=O)NC(=NCc1cn(C[C@@H]2[C@H](NC(=O)/C(=N/OC(C)(C)C(=O)O)c3csc(N)n3)C(=O)N2S(=O)(=O)O)nn1)NC(=O)OC(C)(C)C. The number of alkyl carbamates (subject to hydrolysis) is 2. The zero-order valence-corrected chi connectivity index (χ0v) is 30.9. The van der Waals surface area contributed by atoms with E-state index < -0.39 is 81.4 Å². The molecule has 3 rings (SSSR count). The summed E-state index contributed by atoms with van der Waals surface area (Å²) in [7, 11) is -5.13. The summed E-state index contributed by atoms with van der Waals surface area (Å²) in [5.74, 6) is -4.13. The van der Waals surface area contributed by atoms with Crippen molar-refractivity contribution in [3.8, 4) is 0 Å². The maximum atomic E-state index is 13.3. The highest BCUT2D eigenvalue weighted by molar-refractivity contribution is 7.84. The molecule has 0 unspecified atom stereocenters. The number of oxime groups is 1. The van der Waals surface area contributed by atoms with Crippen LogP contribution in [0.25, 0.3) is 0 Å². The Balaban J connectivity index is 1.84. The third-order valence-electron chi connectivity index (χ3n) is 6.16. The molecule has 3 heterocycles. The molecule has 1 aliphatic heterocycles. The number of aliphatic carboxylic acids is 1. The second-order valence-corrected chi connectivity index (χ2v) is 15.6. The van der Waals surface area contributed by atoms with Gasteiger partial charge >= 0.3 is 28.5 Å². The van der Waals surface area contributed by atoms with Gasteiger partial charge in [-0.15, -0.1) is 16.4 Å². The third kappa shape index (κ3) is 11.6.